The molecule has 1 N–H and O–H groups in total. The van der Waals surface area contributed by atoms with Crippen LogP contribution in [0.3, 0.4) is 0 Å². The Morgan fingerprint density at radius 2 is 2.31 bits per heavy atom. The first-order valence-electron chi connectivity index (χ1n) is 4.64. The predicted molar refractivity (Wildman–Crippen MR) is 59.7 cm³/mol. The van der Waals surface area contributed by atoms with Crippen molar-refractivity contribution < 1.29 is 9.90 Å². The second-order valence-electron chi connectivity index (χ2n) is 3.34. The summed E-state index contributed by atoms with van der Waals surface area (Å²) in [5.41, 5.74) is 1.10. The Bertz CT molecular complexity index is 522. The fourth-order valence-corrected chi connectivity index (χ4v) is 1.67. The second-order valence-corrected chi connectivity index (χ2v) is 3.78. The van der Waals surface area contributed by atoms with Crippen molar-refractivity contribution in [3.63, 3.8) is 0 Å². The Kier molecular flexibility index (Phi) is 2.92. The summed E-state index contributed by atoms with van der Waals surface area (Å²) >= 11 is 5.85. The maximum atomic E-state index is 10.9. The van der Waals surface area contributed by atoms with Gasteiger partial charge in [0, 0.05) is 11.6 Å². The van der Waals surface area contributed by atoms with E-state index in [-0.39, 0.29) is 5.69 Å². The van der Waals surface area contributed by atoms with Crippen LogP contribution in [0.15, 0.2) is 36.8 Å². The van der Waals surface area contributed by atoms with Gasteiger partial charge in [-0.3, -0.25) is 0 Å². The molecule has 82 valence electrons. The van der Waals surface area contributed by atoms with Gasteiger partial charge in [0.15, 0.2) is 0 Å². The van der Waals surface area contributed by atoms with Crippen molar-refractivity contribution in [3.05, 3.63) is 53.1 Å². The smallest absolute Gasteiger partial charge is 0.354 e. The number of nitrogens with zero attached hydrogens (tertiary/aromatic N) is 2. The minimum atomic E-state index is -0.987. The van der Waals surface area contributed by atoms with Gasteiger partial charge in [-0.05, 0) is 17.7 Å². The summed E-state index contributed by atoms with van der Waals surface area (Å²) in [6, 6.07) is 7.29. The van der Waals surface area contributed by atoms with Crippen LogP contribution < -0.4 is 0 Å². The van der Waals surface area contributed by atoms with Gasteiger partial charge in [0.05, 0.1) is 12.5 Å². The molecule has 0 radical (unpaired) electrons. The van der Waals surface area contributed by atoms with Gasteiger partial charge in [-0.25, -0.2) is 9.78 Å². The van der Waals surface area contributed by atoms with Crippen LogP contribution in [-0.2, 0) is 6.54 Å². The van der Waals surface area contributed by atoms with Gasteiger partial charge >= 0.3 is 5.97 Å². The average molecular weight is 237 g/mol. The summed E-state index contributed by atoms with van der Waals surface area (Å²) in [6.07, 6.45) is 2.82. The van der Waals surface area contributed by atoms with Crippen molar-refractivity contribution in [3.8, 4) is 0 Å². The molecule has 0 atom stereocenters. The van der Waals surface area contributed by atoms with Crippen LogP contribution in [0.4, 0.5) is 0 Å². The number of benzene rings is 1. The molecule has 2 aromatic rings. The fraction of sp³-hybridized carbons (Fsp3) is 0.0909. The molecule has 16 heavy (non-hydrogen) atoms. The number of carbonyl (C=O) groups is 1. The van der Waals surface area contributed by atoms with Crippen LogP contribution in [0.25, 0.3) is 0 Å². The first-order valence-corrected chi connectivity index (χ1v) is 5.02. The van der Waals surface area contributed by atoms with E-state index in [1.807, 2.05) is 12.1 Å². The van der Waals surface area contributed by atoms with Crippen molar-refractivity contribution in [1.29, 1.82) is 0 Å². The molecule has 4 nitrogen and oxygen atoms in total. The Balaban J connectivity index is 2.27. The van der Waals surface area contributed by atoms with Gasteiger partial charge in [-0.2, -0.15) is 0 Å². The number of aromatic carboxylic acids is 1. The van der Waals surface area contributed by atoms with Crippen LogP contribution in [0.2, 0.25) is 5.02 Å². The molecule has 1 heterocycles. The maximum absolute atomic E-state index is 10.9. The van der Waals surface area contributed by atoms with Gasteiger partial charge < -0.3 is 9.67 Å². The number of aromatic nitrogens is 2. The summed E-state index contributed by atoms with van der Waals surface area (Å²) in [5, 5.41) is 9.53. The fourth-order valence-electron chi connectivity index (χ4n) is 1.46. The molecule has 0 fully saturated rings. The zero-order valence-electron chi connectivity index (χ0n) is 8.30. The second kappa shape index (κ2) is 4.37. The zero-order chi connectivity index (χ0) is 11.5. The van der Waals surface area contributed by atoms with Crippen molar-refractivity contribution >= 4 is 17.6 Å². The Hall–Kier alpha value is -1.81. The molecule has 5 heteroatoms. The molecule has 0 aliphatic heterocycles. The highest BCUT2D eigenvalue weighted by molar-refractivity contribution is 6.30. The first-order chi connectivity index (χ1) is 7.66. The largest absolute Gasteiger partial charge is 0.477 e. The number of hydrogen-bond acceptors (Lipinski definition) is 2. The summed E-state index contributed by atoms with van der Waals surface area (Å²) in [4.78, 5) is 14.7. The molecular weight excluding hydrogens is 228 g/mol. The standard InChI is InChI=1S/C11H9ClN2O2/c12-9-3-1-2-8(4-9)6-14-7-13-5-10(14)11(15)16/h1-5,7H,6H2,(H,15,16). The summed E-state index contributed by atoms with van der Waals surface area (Å²) < 4.78 is 1.56. The average Bonchev–Trinajstić information content (AvgIpc) is 2.66. The van der Waals surface area contributed by atoms with Gasteiger partial charge in [-0.1, -0.05) is 23.7 Å². The van der Waals surface area contributed by atoms with Gasteiger partial charge in [-0.15, -0.1) is 0 Å². The van der Waals surface area contributed by atoms with E-state index in [2.05, 4.69) is 4.98 Å². The van der Waals surface area contributed by atoms with E-state index in [1.165, 1.54) is 12.5 Å². The van der Waals surface area contributed by atoms with Crippen LogP contribution in [0.5, 0.6) is 0 Å². The van der Waals surface area contributed by atoms with E-state index >= 15 is 0 Å². The molecule has 0 aliphatic rings. The predicted octanol–water partition coefficient (Wildman–Crippen LogP) is 2.28. The maximum Gasteiger partial charge on any atom is 0.354 e. The third-order valence-corrected chi connectivity index (χ3v) is 2.41. The Labute approximate surface area is 97.1 Å². The molecule has 0 spiro atoms. The van der Waals surface area contributed by atoms with E-state index in [1.54, 1.807) is 16.7 Å². The number of hydrogen-bond donors (Lipinski definition) is 1. The minimum absolute atomic E-state index is 0.167. The van der Waals surface area contributed by atoms with Crippen LogP contribution >= 0.6 is 11.6 Å². The summed E-state index contributed by atoms with van der Waals surface area (Å²) in [6.45, 7) is 0.447. The van der Waals surface area contributed by atoms with Gasteiger partial charge in [0.25, 0.3) is 0 Å². The van der Waals surface area contributed by atoms with Crippen molar-refractivity contribution in [2.45, 2.75) is 6.54 Å². The molecular formula is C11H9ClN2O2. The number of halogens is 1. The topological polar surface area (TPSA) is 55.1 Å². The Morgan fingerprint density at radius 1 is 1.50 bits per heavy atom. The molecule has 2 rings (SSSR count). The zero-order valence-corrected chi connectivity index (χ0v) is 9.05. The third kappa shape index (κ3) is 2.23. The van der Waals surface area contributed by atoms with Crippen molar-refractivity contribution in [1.82, 2.24) is 9.55 Å². The van der Waals surface area contributed by atoms with Crippen molar-refractivity contribution in [2.24, 2.45) is 0 Å². The molecule has 0 aliphatic carbocycles. The van der Waals surface area contributed by atoms with Crippen LogP contribution in [0.1, 0.15) is 16.1 Å². The summed E-state index contributed by atoms with van der Waals surface area (Å²) in [5.74, 6) is -0.987. The highest BCUT2D eigenvalue weighted by atomic mass is 35.5. The first kappa shape index (κ1) is 10.7. The molecule has 1 aromatic carbocycles. The van der Waals surface area contributed by atoms with Gasteiger partial charge in [0.2, 0.25) is 0 Å². The lowest BCUT2D eigenvalue weighted by atomic mass is 10.2. The lowest BCUT2D eigenvalue weighted by Crippen LogP contribution is -2.08. The summed E-state index contributed by atoms with van der Waals surface area (Å²) in [7, 11) is 0. The molecule has 0 unspecified atom stereocenters. The quantitative estimate of drug-likeness (QED) is 0.890. The monoisotopic (exact) mass is 236 g/mol. The number of imidazole rings is 1. The Morgan fingerprint density at radius 3 is 3.00 bits per heavy atom. The number of carboxylic acids is 1. The van der Waals surface area contributed by atoms with Gasteiger partial charge in [0.1, 0.15) is 5.69 Å². The molecule has 1 aromatic heterocycles. The molecule has 0 saturated heterocycles. The minimum Gasteiger partial charge on any atom is -0.477 e. The van der Waals surface area contributed by atoms with E-state index in [0.29, 0.717) is 11.6 Å². The van der Waals surface area contributed by atoms with E-state index in [0.717, 1.165) is 5.56 Å². The molecule has 0 bridgehead atoms. The third-order valence-electron chi connectivity index (χ3n) is 2.17. The van der Waals surface area contributed by atoms with Crippen molar-refractivity contribution in [2.75, 3.05) is 0 Å². The number of carboxylic acid groups (broad SMARTS) is 1. The highest BCUT2D eigenvalue weighted by Gasteiger charge is 2.09. The SMILES string of the molecule is O=C(O)c1cncn1Cc1cccc(Cl)c1. The lowest BCUT2D eigenvalue weighted by Gasteiger charge is -2.05. The van der Waals surface area contributed by atoms with E-state index in [9.17, 15) is 4.79 Å². The lowest BCUT2D eigenvalue weighted by molar-refractivity contribution is 0.0685. The highest BCUT2D eigenvalue weighted by Crippen LogP contribution is 2.12. The van der Waals surface area contributed by atoms with E-state index in [4.69, 9.17) is 16.7 Å². The van der Waals surface area contributed by atoms with Crippen LogP contribution in [0, 0.1) is 0 Å². The number of rotatable bonds is 3. The molecule has 0 saturated carbocycles. The normalized spacial score (nSPS) is 10.3. The van der Waals surface area contributed by atoms with E-state index < -0.39 is 5.97 Å². The van der Waals surface area contributed by atoms with Crippen LogP contribution in [-0.4, -0.2) is 20.6 Å². The molecule has 0 amide bonds.